The van der Waals surface area contributed by atoms with E-state index >= 15 is 0 Å². The molecule has 0 atom stereocenters. The summed E-state index contributed by atoms with van der Waals surface area (Å²) in [7, 11) is 0. The lowest BCUT2D eigenvalue weighted by Gasteiger charge is -2.04. The summed E-state index contributed by atoms with van der Waals surface area (Å²) in [5.41, 5.74) is 1.92. The average molecular weight is 341 g/mol. The van der Waals surface area contributed by atoms with E-state index in [1.54, 1.807) is 6.07 Å². The number of hydrogen-bond donors (Lipinski definition) is 1. The van der Waals surface area contributed by atoms with E-state index < -0.39 is 0 Å². The molecule has 2 aromatic rings. The number of benzene rings is 1. The van der Waals surface area contributed by atoms with Crippen LogP contribution < -0.4 is 5.32 Å². The Kier molecular flexibility index (Phi) is 5.86. The quantitative estimate of drug-likeness (QED) is 0.855. The van der Waals surface area contributed by atoms with Crippen LogP contribution in [0.15, 0.2) is 22.6 Å². The van der Waals surface area contributed by atoms with Crippen LogP contribution in [0.25, 0.3) is 0 Å². The molecular weight excluding hydrogens is 323 g/mol. The Bertz CT molecular complexity index is 649. The fourth-order valence-corrected chi connectivity index (χ4v) is 2.35. The second-order valence-corrected chi connectivity index (χ2v) is 5.94. The van der Waals surface area contributed by atoms with Crippen molar-refractivity contribution in [3.8, 4) is 0 Å². The van der Waals surface area contributed by atoms with Crippen molar-refractivity contribution in [1.82, 2.24) is 10.3 Å². The molecule has 118 valence electrons. The largest absolute Gasteiger partial charge is 0.444 e. The van der Waals surface area contributed by atoms with Gasteiger partial charge in [0.2, 0.25) is 11.8 Å². The third-order valence-corrected chi connectivity index (χ3v) is 4.10. The number of halogens is 2. The van der Waals surface area contributed by atoms with Gasteiger partial charge in [0.15, 0.2) is 0 Å². The number of amides is 1. The summed E-state index contributed by atoms with van der Waals surface area (Å²) in [5.74, 6) is 1.30. The highest BCUT2D eigenvalue weighted by Gasteiger charge is 2.08. The number of hydrogen-bond acceptors (Lipinski definition) is 3. The number of oxazole rings is 1. The molecule has 0 spiro atoms. The van der Waals surface area contributed by atoms with Crippen LogP contribution in [0.1, 0.15) is 35.7 Å². The summed E-state index contributed by atoms with van der Waals surface area (Å²) in [4.78, 5) is 16.0. The molecule has 1 heterocycles. The van der Waals surface area contributed by atoms with Crippen LogP contribution in [-0.2, 0) is 17.8 Å². The highest BCUT2D eigenvalue weighted by atomic mass is 35.5. The number of carbonyl (C=O) groups excluding carboxylic acids is 1. The predicted octanol–water partition coefficient (Wildman–Crippen LogP) is 4.24. The molecular formula is C16H18Cl2N2O2. The van der Waals surface area contributed by atoms with Crippen molar-refractivity contribution in [2.45, 2.75) is 39.7 Å². The zero-order chi connectivity index (χ0) is 16.1. The second kappa shape index (κ2) is 7.65. The van der Waals surface area contributed by atoms with Crippen LogP contribution in [0.2, 0.25) is 10.0 Å². The van der Waals surface area contributed by atoms with E-state index in [0.717, 1.165) is 29.9 Å². The maximum atomic E-state index is 11.8. The van der Waals surface area contributed by atoms with Gasteiger partial charge in [-0.3, -0.25) is 4.79 Å². The third kappa shape index (κ3) is 4.75. The SMILES string of the molecule is Cc1nc(CNC(=O)CCCc2ccc(Cl)c(Cl)c2)oc1C. The molecule has 0 fully saturated rings. The lowest BCUT2D eigenvalue weighted by atomic mass is 10.1. The molecule has 0 aliphatic heterocycles. The van der Waals surface area contributed by atoms with Gasteiger partial charge in [0, 0.05) is 6.42 Å². The minimum atomic E-state index is -0.0198. The average Bonchev–Trinajstić information content (AvgIpc) is 2.79. The lowest BCUT2D eigenvalue weighted by molar-refractivity contribution is -0.121. The smallest absolute Gasteiger partial charge is 0.220 e. The van der Waals surface area contributed by atoms with Crippen molar-refractivity contribution in [3.05, 3.63) is 51.2 Å². The van der Waals surface area contributed by atoms with Crippen molar-refractivity contribution >= 4 is 29.1 Å². The Morgan fingerprint density at radius 1 is 1.27 bits per heavy atom. The van der Waals surface area contributed by atoms with Crippen molar-refractivity contribution in [3.63, 3.8) is 0 Å². The van der Waals surface area contributed by atoms with Crippen LogP contribution in [0.5, 0.6) is 0 Å². The summed E-state index contributed by atoms with van der Waals surface area (Å²) in [5, 5.41) is 3.89. The summed E-state index contributed by atoms with van der Waals surface area (Å²) < 4.78 is 5.41. The summed E-state index contributed by atoms with van der Waals surface area (Å²) in [6.45, 7) is 4.05. The summed E-state index contributed by atoms with van der Waals surface area (Å²) >= 11 is 11.8. The number of nitrogens with one attached hydrogen (secondary N) is 1. The van der Waals surface area contributed by atoms with E-state index in [2.05, 4.69) is 10.3 Å². The van der Waals surface area contributed by atoms with Gasteiger partial charge in [-0.1, -0.05) is 29.3 Å². The van der Waals surface area contributed by atoms with Gasteiger partial charge in [0.25, 0.3) is 0 Å². The summed E-state index contributed by atoms with van der Waals surface area (Å²) in [6, 6.07) is 5.52. The van der Waals surface area contributed by atoms with Crippen molar-refractivity contribution in [2.24, 2.45) is 0 Å². The fourth-order valence-electron chi connectivity index (χ4n) is 2.03. The number of aryl methyl sites for hydroxylation is 3. The molecule has 0 saturated carbocycles. The van der Waals surface area contributed by atoms with E-state index in [9.17, 15) is 4.79 Å². The van der Waals surface area contributed by atoms with Crippen molar-refractivity contribution < 1.29 is 9.21 Å². The monoisotopic (exact) mass is 340 g/mol. The van der Waals surface area contributed by atoms with Crippen LogP contribution in [-0.4, -0.2) is 10.9 Å². The van der Waals surface area contributed by atoms with Crippen molar-refractivity contribution in [2.75, 3.05) is 0 Å². The Balaban J connectivity index is 1.72. The number of carbonyl (C=O) groups is 1. The van der Waals surface area contributed by atoms with E-state index in [0.29, 0.717) is 28.9 Å². The zero-order valence-corrected chi connectivity index (χ0v) is 14.1. The van der Waals surface area contributed by atoms with Gasteiger partial charge in [0.1, 0.15) is 5.76 Å². The molecule has 4 nitrogen and oxygen atoms in total. The Hall–Kier alpha value is -1.52. The van der Waals surface area contributed by atoms with Gasteiger partial charge in [-0.15, -0.1) is 0 Å². The first-order valence-electron chi connectivity index (χ1n) is 7.09. The molecule has 0 bridgehead atoms. The minimum Gasteiger partial charge on any atom is -0.444 e. The number of nitrogens with zero attached hydrogens (tertiary/aromatic N) is 1. The first-order valence-corrected chi connectivity index (χ1v) is 7.85. The third-order valence-electron chi connectivity index (χ3n) is 3.36. The van der Waals surface area contributed by atoms with Gasteiger partial charge >= 0.3 is 0 Å². The highest BCUT2D eigenvalue weighted by molar-refractivity contribution is 6.42. The molecule has 0 aliphatic carbocycles. The van der Waals surface area contributed by atoms with Crippen LogP contribution in [0.4, 0.5) is 0 Å². The van der Waals surface area contributed by atoms with E-state index in [1.807, 2.05) is 26.0 Å². The zero-order valence-electron chi connectivity index (χ0n) is 12.6. The molecule has 0 unspecified atom stereocenters. The maximum Gasteiger partial charge on any atom is 0.220 e. The molecule has 0 aliphatic rings. The summed E-state index contributed by atoms with van der Waals surface area (Å²) in [6.07, 6.45) is 1.97. The lowest BCUT2D eigenvalue weighted by Crippen LogP contribution is -2.22. The molecule has 2 rings (SSSR count). The van der Waals surface area contributed by atoms with Gasteiger partial charge < -0.3 is 9.73 Å². The molecule has 1 aromatic heterocycles. The molecule has 1 N–H and O–H groups in total. The van der Waals surface area contributed by atoms with Gasteiger partial charge in [-0.25, -0.2) is 4.98 Å². The van der Waals surface area contributed by atoms with Crippen LogP contribution in [0, 0.1) is 13.8 Å². The Morgan fingerprint density at radius 3 is 2.68 bits per heavy atom. The molecule has 1 aromatic carbocycles. The first kappa shape index (κ1) is 16.8. The van der Waals surface area contributed by atoms with Gasteiger partial charge in [-0.2, -0.15) is 0 Å². The predicted molar refractivity (Wildman–Crippen MR) is 87.2 cm³/mol. The Morgan fingerprint density at radius 2 is 2.05 bits per heavy atom. The van der Waals surface area contributed by atoms with Crippen LogP contribution in [0.3, 0.4) is 0 Å². The first-order chi connectivity index (χ1) is 10.5. The molecule has 6 heteroatoms. The molecule has 22 heavy (non-hydrogen) atoms. The van der Waals surface area contributed by atoms with Crippen LogP contribution >= 0.6 is 23.2 Å². The normalized spacial score (nSPS) is 10.7. The molecule has 1 amide bonds. The van der Waals surface area contributed by atoms with Gasteiger partial charge in [-0.05, 0) is 44.4 Å². The highest BCUT2D eigenvalue weighted by Crippen LogP contribution is 2.23. The maximum absolute atomic E-state index is 11.8. The molecule has 0 saturated heterocycles. The Labute approximate surface area is 139 Å². The minimum absolute atomic E-state index is 0.0198. The second-order valence-electron chi connectivity index (χ2n) is 5.13. The number of rotatable bonds is 6. The fraction of sp³-hybridized carbons (Fsp3) is 0.375. The van der Waals surface area contributed by atoms with E-state index in [-0.39, 0.29) is 5.91 Å². The van der Waals surface area contributed by atoms with E-state index in [4.69, 9.17) is 27.6 Å². The van der Waals surface area contributed by atoms with Crippen molar-refractivity contribution in [1.29, 1.82) is 0 Å². The molecule has 0 radical (unpaired) electrons. The standard InChI is InChI=1S/C16H18Cl2N2O2/c1-10-11(2)22-16(20-10)9-19-15(21)5-3-4-12-6-7-13(17)14(18)8-12/h6-8H,3-5,9H2,1-2H3,(H,19,21). The number of aromatic nitrogens is 1. The van der Waals surface area contributed by atoms with E-state index in [1.165, 1.54) is 0 Å². The topological polar surface area (TPSA) is 55.1 Å². The van der Waals surface area contributed by atoms with Gasteiger partial charge in [0.05, 0.1) is 22.3 Å².